The van der Waals surface area contributed by atoms with Crippen molar-refractivity contribution < 1.29 is 4.74 Å². The summed E-state index contributed by atoms with van der Waals surface area (Å²) in [4.78, 5) is 9.10. The second-order valence-electron chi connectivity index (χ2n) is 6.93. The largest absolute Gasteiger partial charge is 0.378 e. The highest BCUT2D eigenvalue weighted by Gasteiger charge is 2.10. The van der Waals surface area contributed by atoms with E-state index in [1.54, 1.807) is 37.5 Å². The number of nitrogens with one attached hydrogen (secondary N) is 2. The van der Waals surface area contributed by atoms with Crippen molar-refractivity contribution in [1.82, 2.24) is 9.97 Å². The molecular formula is C24H22N6O. The van der Waals surface area contributed by atoms with Crippen molar-refractivity contribution in [1.29, 1.82) is 10.5 Å². The number of nitriles is 2. The minimum Gasteiger partial charge on any atom is -0.378 e. The van der Waals surface area contributed by atoms with Gasteiger partial charge in [0.2, 0.25) is 5.95 Å². The van der Waals surface area contributed by atoms with Crippen LogP contribution >= 0.6 is 0 Å². The van der Waals surface area contributed by atoms with Crippen LogP contribution in [0.25, 0.3) is 6.08 Å². The van der Waals surface area contributed by atoms with Gasteiger partial charge in [-0.05, 0) is 73.0 Å². The summed E-state index contributed by atoms with van der Waals surface area (Å²) in [7, 11) is 1.62. The maximum Gasteiger partial charge on any atom is 0.229 e. The summed E-state index contributed by atoms with van der Waals surface area (Å²) in [5.41, 5.74) is 6.06. The summed E-state index contributed by atoms with van der Waals surface area (Å²) in [6.07, 6.45) is 3.24. The maximum atomic E-state index is 8.96. The zero-order chi connectivity index (χ0) is 22.2. The average Bonchev–Trinajstić information content (AvgIpc) is 2.75. The van der Waals surface area contributed by atoms with E-state index < -0.39 is 0 Å². The molecule has 0 amide bonds. The summed E-state index contributed by atoms with van der Waals surface area (Å²) in [5.74, 6) is 1.05. The quantitative estimate of drug-likeness (QED) is 0.520. The Bertz CT molecular complexity index is 1160. The van der Waals surface area contributed by atoms with Crippen LogP contribution in [0.5, 0.6) is 0 Å². The van der Waals surface area contributed by atoms with Gasteiger partial charge >= 0.3 is 0 Å². The standard InChI is InChI=1S/C24H22N6O/c1-16-11-19(5-4-10-25)12-17(2)23(16)29-22-13-21(15-31-3)28-24(30-22)27-20-8-6-18(14-26)7-9-20/h4-9,11-13H,15H2,1-3H3,(H2,27,28,29,30). The first-order chi connectivity index (χ1) is 15.0. The lowest BCUT2D eigenvalue weighted by Gasteiger charge is -2.15. The molecular weight excluding hydrogens is 388 g/mol. The lowest BCUT2D eigenvalue weighted by Crippen LogP contribution is -2.06. The number of benzene rings is 2. The van der Waals surface area contributed by atoms with Gasteiger partial charge in [-0.2, -0.15) is 15.5 Å². The third-order valence-corrected chi connectivity index (χ3v) is 4.50. The first-order valence-corrected chi connectivity index (χ1v) is 9.61. The molecule has 1 aromatic heterocycles. The van der Waals surface area contributed by atoms with Gasteiger partial charge < -0.3 is 15.4 Å². The molecule has 0 bridgehead atoms. The SMILES string of the molecule is COCc1cc(Nc2c(C)cc(C=CC#N)cc2C)nc(Nc2ccc(C#N)cc2)n1. The van der Waals surface area contributed by atoms with Crippen LogP contribution in [0.15, 0.2) is 48.5 Å². The van der Waals surface area contributed by atoms with Crippen LogP contribution in [0.4, 0.5) is 23.1 Å². The monoisotopic (exact) mass is 410 g/mol. The van der Waals surface area contributed by atoms with E-state index in [-0.39, 0.29) is 0 Å². The molecule has 0 atom stereocenters. The number of hydrogen-bond acceptors (Lipinski definition) is 7. The Labute approximate surface area is 181 Å². The Morgan fingerprint density at radius 2 is 1.71 bits per heavy atom. The fourth-order valence-corrected chi connectivity index (χ4v) is 3.15. The van der Waals surface area contributed by atoms with Crippen LogP contribution in [0.2, 0.25) is 0 Å². The number of hydrogen-bond donors (Lipinski definition) is 2. The Morgan fingerprint density at radius 3 is 2.32 bits per heavy atom. The molecule has 2 aromatic carbocycles. The van der Waals surface area contributed by atoms with E-state index in [4.69, 9.17) is 15.3 Å². The Hall–Kier alpha value is -4.20. The van der Waals surface area contributed by atoms with Crippen LogP contribution in [0.1, 0.15) is 27.9 Å². The molecule has 3 aromatic rings. The smallest absolute Gasteiger partial charge is 0.229 e. The Balaban J connectivity index is 1.91. The minimum atomic E-state index is 0.342. The van der Waals surface area contributed by atoms with Gasteiger partial charge in [-0.15, -0.1) is 0 Å². The van der Waals surface area contributed by atoms with E-state index in [0.29, 0.717) is 23.9 Å². The summed E-state index contributed by atoms with van der Waals surface area (Å²) < 4.78 is 5.25. The van der Waals surface area contributed by atoms with Gasteiger partial charge in [0, 0.05) is 30.6 Å². The topological polar surface area (TPSA) is 107 Å². The zero-order valence-corrected chi connectivity index (χ0v) is 17.6. The van der Waals surface area contributed by atoms with Crippen LogP contribution in [0.3, 0.4) is 0 Å². The molecule has 2 N–H and O–H groups in total. The number of aromatic nitrogens is 2. The second kappa shape index (κ2) is 10.0. The average molecular weight is 410 g/mol. The number of nitrogens with zero attached hydrogens (tertiary/aromatic N) is 4. The molecule has 0 spiro atoms. The van der Waals surface area contributed by atoms with E-state index in [1.807, 2.05) is 38.1 Å². The highest BCUT2D eigenvalue weighted by molar-refractivity contribution is 5.69. The number of anilines is 4. The van der Waals surface area contributed by atoms with E-state index in [1.165, 1.54) is 6.08 Å². The summed E-state index contributed by atoms with van der Waals surface area (Å²) >= 11 is 0. The molecule has 0 aliphatic carbocycles. The predicted octanol–water partition coefficient (Wildman–Crippen LogP) is 5.14. The van der Waals surface area contributed by atoms with E-state index in [9.17, 15) is 0 Å². The number of aryl methyl sites for hydroxylation is 2. The summed E-state index contributed by atoms with van der Waals surface area (Å²) in [5, 5.41) is 24.3. The third-order valence-electron chi connectivity index (χ3n) is 4.50. The van der Waals surface area contributed by atoms with E-state index in [2.05, 4.69) is 26.7 Å². The molecule has 3 rings (SSSR count). The molecule has 1 heterocycles. The molecule has 0 radical (unpaired) electrons. The highest BCUT2D eigenvalue weighted by Crippen LogP contribution is 2.27. The summed E-state index contributed by atoms with van der Waals surface area (Å²) in [6.45, 7) is 4.35. The first-order valence-electron chi connectivity index (χ1n) is 9.61. The van der Waals surface area contributed by atoms with E-state index in [0.717, 1.165) is 33.8 Å². The number of allylic oxidation sites excluding steroid dienone is 1. The van der Waals surface area contributed by atoms with Gasteiger partial charge in [0.1, 0.15) is 5.82 Å². The van der Waals surface area contributed by atoms with Crippen molar-refractivity contribution >= 4 is 29.2 Å². The number of ether oxygens (including phenoxy) is 1. The Morgan fingerprint density at radius 1 is 1.00 bits per heavy atom. The molecule has 7 heteroatoms. The molecule has 0 saturated heterocycles. The molecule has 0 saturated carbocycles. The zero-order valence-electron chi connectivity index (χ0n) is 17.6. The molecule has 0 aliphatic heterocycles. The molecule has 31 heavy (non-hydrogen) atoms. The van der Waals surface area contributed by atoms with Crippen LogP contribution in [0, 0.1) is 36.5 Å². The van der Waals surface area contributed by atoms with Gasteiger partial charge in [-0.25, -0.2) is 4.98 Å². The van der Waals surface area contributed by atoms with Crippen molar-refractivity contribution in [2.75, 3.05) is 17.7 Å². The number of rotatable bonds is 7. The highest BCUT2D eigenvalue weighted by atomic mass is 16.5. The van der Waals surface area contributed by atoms with E-state index >= 15 is 0 Å². The van der Waals surface area contributed by atoms with Crippen molar-refractivity contribution in [2.24, 2.45) is 0 Å². The van der Waals surface area contributed by atoms with Crippen LogP contribution < -0.4 is 10.6 Å². The lowest BCUT2D eigenvalue weighted by molar-refractivity contribution is 0.181. The normalized spacial score (nSPS) is 10.5. The van der Waals surface area contributed by atoms with Crippen molar-refractivity contribution in [3.63, 3.8) is 0 Å². The minimum absolute atomic E-state index is 0.342. The van der Waals surface area contributed by atoms with Crippen molar-refractivity contribution in [2.45, 2.75) is 20.5 Å². The van der Waals surface area contributed by atoms with Gasteiger partial charge in [0.05, 0.1) is 30.0 Å². The fraction of sp³-hybridized carbons (Fsp3) is 0.167. The predicted molar refractivity (Wildman–Crippen MR) is 121 cm³/mol. The van der Waals surface area contributed by atoms with Gasteiger partial charge in [-0.1, -0.05) is 0 Å². The fourth-order valence-electron chi connectivity index (χ4n) is 3.15. The van der Waals surface area contributed by atoms with Gasteiger partial charge in [-0.3, -0.25) is 0 Å². The molecule has 0 aliphatic rings. The molecule has 7 nitrogen and oxygen atoms in total. The molecule has 0 unspecified atom stereocenters. The van der Waals surface area contributed by atoms with Crippen LogP contribution in [-0.2, 0) is 11.3 Å². The number of methoxy groups -OCH3 is 1. The molecule has 0 fully saturated rings. The van der Waals surface area contributed by atoms with Crippen molar-refractivity contribution in [3.8, 4) is 12.1 Å². The van der Waals surface area contributed by atoms with Crippen molar-refractivity contribution in [3.05, 3.63) is 76.5 Å². The Kier molecular flexibility index (Phi) is 6.95. The second-order valence-corrected chi connectivity index (χ2v) is 6.93. The summed E-state index contributed by atoms with van der Waals surface area (Å²) in [6, 6.07) is 17.1. The molecule has 154 valence electrons. The van der Waals surface area contributed by atoms with Crippen LogP contribution in [-0.4, -0.2) is 17.1 Å². The van der Waals surface area contributed by atoms with Gasteiger partial charge in [0.25, 0.3) is 0 Å². The lowest BCUT2D eigenvalue weighted by atomic mass is 10.0. The van der Waals surface area contributed by atoms with Gasteiger partial charge in [0.15, 0.2) is 0 Å². The first kappa shape index (κ1) is 21.5. The third kappa shape index (κ3) is 5.66. The maximum absolute atomic E-state index is 8.96.